The van der Waals surface area contributed by atoms with Crippen LogP contribution in [0.1, 0.15) is 32.6 Å². The normalized spacial score (nSPS) is 17.7. The van der Waals surface area contributed by atoms with Crippen molar-refractivity contribution in [3.8, 4) is 0 Å². The summed E-state index contributed by atoms with van der Waals surface area (Å²) in [5.41, 5.74) is 0. The molecule has 0 aromatic rings. The summed E-state index contributed by atoms with van der Waals surface area (Å²) in [6.07, 6.45) is 2.55. The van der Waals surface area contributed by atoms with Gasteiger partial charge in [0.2, 0.25) is 15.9 Å². The van der Waals surface area contributed by atoms with Crippen molar-refractivity contribution in [2.75, 3.05) is 26.0 Å². The van der Waals surface area contributed by atoms with E-state index in [0.717, 1.165) is 0 Å². The van der Waals surface area contributed by atoms with Crippen LogP contribution in [0.3, 0.4) is 0 Å². The van der Waals surface area contributed by atoms with Crippen LogP contribution in [0.5, 0.6) is 0 Å². The highest BCUT2D eigenvalue weighted by Gasteiger charge is 2.25. The van der Waals surface area contributed by atoms with E-state index >= 15 is 0 Å². The van der Waals surface area contributed by atoms with E-state index in [-0.39, 0.29) is 30.8 Å². The van der Waals surface area contributed by atoms with E-state index in [1.807, 2.05) is 0 Å². The molecule has 0 radical (unpaired) electrons. The smallest absolute Gasteiger partial charge is 0.306 e. The van der Waals surface area contributed by atoms with Crippen molar-refractivity contribution in [2.24, 2.45) is 0 Å². The van der Waals surface area contributed by atoms with Crippen molar-refractivity contribution in [1.82, 2.24) is 9.62 Å². The molecule has 0 atom stereocenters. The molecule has 1 aliphatic heterocycles. The van der Waals surface area contributed by atoms with E-state index < -0.39 is 10.0 Å². The standard InChI is InChI=1S/C12H22N2O5S/c1-3-19-12(16)5-4-11(15)13-10-6-8-14(9-7-10)20(2,17)18/h10H,3-9H2,1-2H3,(H,13,15). The number of esters is 1. The minimum absolute atomic E-state index is 0.0253. The van der Waals surface area contributed by atoms with Crippen LogP contribution in [-0.2, 0) is 24.3 Å². The maximum Gasteiger partial charge on any atom is 0.306 e. The van der Waals surface area contributed by atoms with Crippen LogP contribution in [0.25, 0.3) is 0 Å². The zero-order chi connectivity index (χ0) is 15.2. The number of carbonyl (C=O) groups is 2. The summed E-state index contributed by atoms with van der Waals surface area (Å²) in [4.78, 5) is 22.8. The first-order valence-electron chi connectivity index (χ1n) is 6.73. The molecule has 0 aromatic carbocycles. The maximum absolute atomic E-state index is 11.6. The monoisotopic (exact) mass is 306 g/mol. The van der Waals surface area contributed by atoms with Crippen LogP contribution in [0.2, 0.25) is 0 Å². The summed E-state index contributed by atoms with van der Waals surface area (Å²) >= 11 is 0. The fourth-order valence-electron chi connectivity index (χ4n) is 2.08. The Hall–Kier alpha value is -1.15. The maximum atomic E-state index is 11.6. The Labute approximate surface area is 119 Å². The summed E-state index contributed by atoms with van der Waals surface area (Å²) in [6, 6.07) is -0.0253. The van der Waals surface area contributed by atoms with E-state index in [1.165, 1.54) is 10.6 Å². The SMILES string of the molecule is CCOC(=O)CCC(=O)NC1CCN(S(C)(=O)=O)CC1. The molecule has 8 heteroatoms. The quantitative estimate of drug-likeness (QED) is 0.690. The lowest BCUT2D eigenvalue weighted by Gasteiger charge is -2.30. The molecule has 1 rings (SSSR count). The molecule has 0 aliphatic carbocycles. The lowest BCUT2D eigenvalue weighted by atomic mass is 10.1. The van der Waals surface area contributed by atoms with Gasteiger partial charge in [0.15, 0.2) is 0 Å². The zero-order valence-corrected chi connectivity index (χ0v) is 12.7. The van der Waals surface area contributed by atoms with Gasteiger partial charge >= 0.3 is 5.97 Å². The number of carbonyl (C=O) groups excluding carboxylic acids is 2. The Morgan fingerprint density at radius 3 is 2.35 bits per heavy atom. The zero-order valence-electron chi connectivity index (χ0n) is 11.9. The number of hydrogen-bond donors (Lipinski definition) is 1. The van der Waals surface area contributed by atoms with Gasteiger partial charge in [0.1, 0.15) is 0 Å². The highest BCUT2D eigenvalue weighted by atomic mass is 32.2. The van der Waals surface area contributed by atoms with Gasteiger partial charge in [-0.15, -0.1) is 0 Å². The van der Waals surface area contributed by atoms with Gasteiger partial charge < -0.3 is 10.1 Å². The van der Waals surface area contributed by atoms with Crippen LogP contribution in [-0.4, -0.2) is 56.6 Å². The van der Waals surface area contributed by atoms with Gasteiger partial charge in [-0.1, -0.05) is 0 Å². The number of nitrogens with one attached hydrogen (secondary N) is 1. The highest BCUT2D eigenvalue weighted by molar-refractivity contribution is 7.88. The third kappa shape index (κ3) is 5.87. The molecule has 20 heavy (non-hydrogen) atoms. The van der Waals surface area contributed by atoms with E-state index in [2.05, 4.69) is 5.32 Å². The minimum Gasteiger partial charge on any atom is -0.466 e. The van der Waals surface area contributed by atoms with Gasteiger partial charge in [-0.3, -0.25) is 9.59 Å². The van der Waals surface area contributed by atoms with Crippen molar-refractivity contribution in [1.29, 1.82) is 0 Å². The lowest BCUT2D eigenvalue weighted by Crippen LogP contribution is -2.46. The largest absolute Gasteiger partial charge is 0.466 e. The molecule has 1 amide bonds. The van der Waals surface area contributed by atoms with Gasteiger partial charge in [0, 0.05) is 25.6 Å². The number of amides is 1. The molecule has 0 unspecified atom stereocenters. The number of rotatable bonds is 6. The lowest BCUT2D eigenvalue weighted by molar-refractivity contribution is -0.144. The Kier molecular flexibility index (Phi) is 6.41. The molecule has 7 nitrogen and oxygen atoms in total. The molecule has 116 valence electrons. The first-order valence-corrected chi connectivity index (χ1v) is 8.58. The Bertz CT molecular complexity index is 441. The van der Waals surface area contributed by atoms with Crippen LogP contribution in [0.4, 0.5) is 0 Å². The van der Waals surface area contributed by atoms with Crippen molar-refractivity contribution in [3.63, 3.8) is 0 Å². The Balaban J connectivity index is 2.26. The van der Waals surface area contributed by atoms with Crippen LogP contribution in [0, 0.1) is 0 Å². The summed E-state index contributed by atoms with van der Waals surface area (Å²) in [5, 5.41) is 2.82. The molecular formula is C12H22N2O5S. The summed E-state index contributed by atoms with van der Waals surface area (Å²) < 4.78 is 28.8. The van der Waals surface area contributed by atoms with Crippen molar-refractivity contribution < 1.29 is 22.7 Å². The second kappa shape index (κ2) is 7.58. The number of sulfonamides is 1. The molecule has 0 aromatic heterocycles. The molecule has 1 fully saturated rings. The molecule has 1 N–H and O–H groups in total. The molecule has 0 bridgehead atoms. The molecular weight excluding hydrogens is 284 g/mol. The predicted molar refractivity (Wildman–Crippen MR) is 73.4 cm³/mol. The first kappa shape index (κ1) is 16.9. The van der Waals surface area contributed by atoms with Gasteiger partial charge in [0.25, 0.3) is 0 Å². The topological polar surface area (TPSA) is 92.8 Å². The summed E-state index contributed by atoms with van der Waals surface area (Å²) in [6.45, 7) is 2.86. The Morgan fingerprint density at radius 1 is 1.25 bits per heavy atom. The van der Waals surface area contributed by atoms with Gasteiger partial charge in [0.05, 0.1) is 19.3 Å². The van der Waals surface area contributed by atoms with Crippen LogP contribution >= 0.6 is 0 Å². The van der Waals surface area contributed by atoms with Crippen LogP contribution in [0.15, 0.2) is 0 Å². The Morgan fingerprint density at radius 2 is 1.85 bits per heavy atom. The second-order valence-corrected chi connectivity index (χ2v) is 6.79. The van der Waals surface area contributed by atoms with Crippen molar-refractivity contribution >= 4 is 21.9 Å². The average Bonchev–Trinajstić information content (AvgIpc) is 2.36. The van der Waals surface area contributed by atoms with E-state index in [0.29, 0.717) is 32.5 Å². The molecule has 1 aliphatic rings. The van der Waals surface area contributed by atoms with Gasteiger partial charge in [-0.25, -0.2) is 12.7 Å². The minimum atomic E-state index is -3.15. The summed E-state index contributed by atoms with van der Waals surface area (Å²) in [5.74, 6) is -0.578. The van der Waals surface area contributed by atoms with Crippen LogP contribution < -0.4 is 5.32 Å². The number of hydrogen-bond acceptors (Lipinski definition) is 5. The number of piperidine rings is 1. The van der Waals surface area contributed by atoms with E-state index in [4.69, 9.17) is 4.74 Å². The van der Waals surface area contributed by atoms with Gasteiger partial charge in [-0.05, 0) is 19.8 Å². The molecule has 0 saturated carbocycles. The average molecular weight is 306 g/mol. The van der Waals surface area contributed by atoms with Gasteiger partial charge in [-0.2, -0.15) is 0 Å². The summed E-state index contributed by atoms with van der Waals surface area (Å²) in [7, 11) is -3.15. The number of ether oxygens (including phenoxy) is 1. The molecule has 1 saturated heterocycles. The molecule has 0 spiro atoms. The fourth-order valence-corrected chi connectivity index (χ4v) is 2.95. The van der Waals surface area contributed by atoms with Crippen molar-refractivity contribution in [2.45, 2.75) is 38.6 Å². The van der Waals surface area contributed by atoms with E-state index in [9.17, 15) is 18.0 Å². The van der Waals surface area contributed by atoms with E-state index in [1.54, 1.807) is 6.92 Å². The predicted octanol–water partition coefficient (Wildman–Crippen LogP) is -0.130. The first-order chi connectivity index (χ1) is 9.32. The highest BCUT2D eigenvalue weighted by Crippen LogP contribution is 2.13. The fraction of sp³-hybridized carbons (Fsp3) is 0.833. The second-order valence-electron chi connectivity index (χ2n) is 4.81. The van der Waals surface area contributed by atoms with Crippen molar-refractivity contribution in [3.05, 3.63) is 0 Å². The number of nitrogens with zero attached hydrogens (tertiary/aromatic N) is 1. The third-order valence-electron chi connectivity index (χ3n) is 3.15. The molecule has 1 heterocycles. The third-order valence-corrected chi connectivity index (χ3v) is 4.45.